The van der Waals surface area contributed by atoms with E-state index in [1.807, 2.05) is 12.1 Å². The Kier molecular flexibility index (Phi) is 4.48. The predicted molar refractivity (Wildman–Crippen MR) is 66.7 cm³/mol. The minimum atomic E-state index is -0.126. The Balaban J connectivity index is 2.40. The SMILES string of the molecule is CC(CNCc1ccccc1F)C(C)(C)C. The number of hydrogen-bond donors (Lipinski definition) is 1. The van der Waals surface area contributed by atoms with Crippen molar-refractivity contribution >= 4 is 0 Å². The van der Waals surface area contributed by atoms with Crippen molar-refractivity contribution in [1.29, 1.82) is 0 Å². The zero-order valence-electron chi connectivity index (χ0n) is 10.7. The number of hydrogen-bond acceptors (Lipinski definition) is 1. The van der Waals surface area contributed by atoms with E-state index in [0.29, 0.717) is 17.9 Å². The summed E-state index contributed by atoms with van der Waals surface area (Å²) in [6, 6.07) is 6.91. The largest absolute Gasteiger partial charge is 0.312 e. The molecular weight excluding hydrogens is 201 g/mol. The molecule has 0 saturated heterocycles. The number of rotatable bonds is 4. The van der Waals surface area contributed by atoms with Gasteiger partial charge in [-0.05, 0) is 23.9 Å². The lowest BCUT2D eigenvalue weighted by Gasteiger charge is -2.27. The standard InChI is InChI=1S/C14H22FN/c1-11(14(2,3)4)9-16-10-12-7-5-6-8-13(12)15/h5-8,11,16H,9-10H2,1-4H3. The van der Waals surface area contributed by atoms with E-state index < -0.39 is 0 Å². The van der Waals surface area contributed by atoms with Crippen LogP contribution in [0.15, 0.2) is 24.3 Å². The van der Waals surface area contributed by atoms with Crippen molar-refractivity contribution in [3.05, 3.63) is 35.6 Å². The predicted octanol–water partition coefficient (Wildman–Crippen LogP) is 3.60. The Morgan fingerprint density at radius 3 is 2.44 bits per heavy atom. The van der Waals surface area contributed by atoms with Gasteiger partial charge in [-0.3, -0.25) is 0 Å². The molecule has 0 aliphatic carbocycles. The molecule has 0 aliphatic heterocycles. The average molecular weight is 223 g/mol. The molecular formula is C14H22FN. The van der Waals surface area contributed by atoms with Crippen molar-refractivity contribution in [3.8, 4) is 0 Å². The van der Waals surface area contributed by atoms with Crippen LogP contribution in [0, 0.1) is 17.2 Å². The summed E-state index contributed by atoms with van der Waals surface area (Å²) < 4.78 is 13.3. The first-order valence-corrected chi connectivity index (χ1v) is 5.85. The molecule has 0 radical (unpaired) electrons. The Hall–Kier alpha value is -0.890. The normalized spacial score (nSPS) is 13.8. The van der Waals surface area contributed by atoms with E-state index in [4.69, 9.17) is 0 Å². The summed E-state index contributed by atoms with van der Waals surface area (Å²) >= 11 is 0. The highest BCUT2D eigenvalue weighted by atomic mass is 19.1. The molecule has 1 N–H and O–H groups in total. The molecule has 1 aromatic rings. The van der Waals surface area contributed by atoms with Gasteiger partial charge in [-0.1, -0.05) is 45.9 Å². The summed E-state index contributed by atoms with van der Waals surface area (Å²) in [7, 11) is 0. The van der Waals surface area contributed by atoms with E-state index in [0.717, 1.165) is 12.1 Å². The van der Waals surface area contributed by atoms with E-state index in [2.05, 4.69) is 33.0 Å². The topological polar surface area (TPSA) is 12.0 Å². The van der Waals surface area contributed by atoms with Crippen molar-refractivity contribution in [3.63, 3.8) is 0 Å². The van der Waals surface area contributed by atoms with Crippen LogP contribution in [0.4, 0.5) is 4.39 Å². The van der Waals surface area contributed by atoms with Gasteiger partial charge in [0.15, 0.2) is 0 Å². The maximum Gasteiger partial charge on any atom is 0.127 e. The molecule has 0 amide bonds. The first kappa shape index (κ1) is 13.2. The molecule has 0 aromatic heterocycles. The molecule has 1 aromatic carbocycles. The van der Waals surface area contributed by atoms with Gasteiger partial charge in [-0.15, -0.1) is 0 Å². The van der Waals surface area contributed by atoms with Gasteiger partial charge in [-0.25, -0.2) is 4.39 Å². The Labute approximate surface area is 98.1 Å². The third kappa shape index (κ3) is 3.93. The first-order chi connectivity index (χ1) is 7.41. The highest BCUT2D eigenvalue weighted by molar-refractivity contribution is 5.16. The minimum Gasteiger partial charge on any atom is -0.312 e. The summed E-state index contributed by atoms with van der Waals surface area (Å²) in [5.41, 5.74) is 1.03. The average Bonchev–Trinajstić information content (AvgIpc) is 2.19. The highest BCUT2D eigenvalue weighted by Crippen LogP contribution is 2.24. The molecule has 1 atom stereocenters. The highest BCUT2D eigenvalue weighted by Gasteiger charge is 2.19. The second kappa shape index (κ2) is 5.44. The Morgan fingerprint density at radius 2 is 1.88 bits per heavy atom. The van der Waals surface area contributed by atoms with E-state index in [1.165, 1.54) is 6.07 Å². The Bertz CT molecular complexity index is 328. The molecule has 1 rings (SSSR count). The van der Waals surface area contributed by atoms with Crippen LogP contribution in [-0.4, -0.2) is 6.54 Å². The molecule has 1 unspecified atom stereocenters. The lowest BCUT2D eigenvalue weighted by Crippen LogP contribution is -2.29. The summed E-state index contributed by atoms with van der Waals surface area (Å²) in [5, 5.41) is 3.31. The van der Waals surface area contributed by atoms with Crippen molar-refractivity contribution in [2.45, 2.75) is 34.2 Å². The molecule has 0 spiro atoms. The van der Waals surface area contributed by atoms with E-state index in [9.17, 15) is 4.39 Å². The molecule has 0 bridgehead atoms. The second-order valence-electron chi connectivity index (χ2n) is 5.49. The minimum absolute atomic E-state index is 0.126. The fourth-order valence-corrected chi connectivity index (χ4v) is 1.37. The molecule has 0 aliphatic rings. The molecule has 90 valence electrons. The molecule has 1 nitrogen and oxygen atoms in total. The van der Waals surface area contributed by atoms with Crippen LogP contribution < -0.4 is 5.32 Å². The van der Waals surface area contributed by atoms with Crippen LogP contribution in [0.5, 0.6) is 0 Å². The quantitative estimate of drug-likeness (QED) is 0.822. The Morgan fingerprint density at radius 1 is 1.25 bits per heavy atom. The second-order valence-corrected chi connectivity index (χ2v) is 5.49. The maximum atomic E-state index is 13.3. The van der Waals surface area contributed by atoms with Gasteiger partial charge in [0, 0.05) is 12.1 Å². The third-order valence-corrected chi connectivity index (χ3v) is 3.20. The molecule has 0 heterocycles. The van der Waals surface area contributed by atoms with E-state index >= 15 is 0 Å². The maximum absolute atomic E-state index is 13.3. The summed E-state index contributed by atoms with van der Waals surface area (Å²) in [5.74, 6) is 0.442. The zero-order chi connectivity index (χ0) is 12.2. The fraction of sp³-hybridized carbons (Fsp3) is 0.571. The van der Waals surface area contributed by atoms with Crippen LogP contribution in [-0.2, 0) is 6.54 Å². The van der Waals surface area contributed by atoms with Crippen LogP contribution in [0.3, 0.4) is 0 Å². The van der Waals surface area contributed by atoms with Crippen LogP contribution in [0.1, 0.15) is 33.3 Å². The molecule has 0 fully saturated rings. The molecule has 16 heavy (non-hydrogen) atoms. The van der Waals surface area contributed by atoms with Crippen molar-refractivity contribution in [2.24, 2.45) is 11.3 Å². The van der Waals surface area contributed by atoms with Crippen molar-refractivity contribution < 1.29 is 4.39 Å². The number of nitrogens with one attached hydrogen (secondary N) is 1. The van der Waals surface area contributed by atoms with Gasteiger partial charge in [0.1, 0.15) is 5.82 Å². The number of halogens is 1. The summed E-state index contributed by atoms with van der Waals surface area (Å²) in [4.78, 5) is 0. The monoisotopic (exact) mass is 223 g/mol. The van der Waals surface area contributed by atoms with E-state index in [1.54, 1.807) is 6.07 Å². The van der Waals surface area contributed by atoms with Crippen LogP contribution in [0.25, 0.3) is 0 Å². The van der Waals surface area contributed by atoms with Gasteiger partial charge in [0.2, 0.25) is 0 Å². The lowest BCUT2D eigenvalue weighted by molar-refractivity contribution is 0.252. The number of benzene rings is 1. The summed E-state index contributed by atoms with van der Waals surface area (Å²) in [6.45, 7) is 10.4. The lowest BCUT2D eigenvalue weighted by atomic mass is 9.82. The first-order valence-electron chi connectivity index (χ1n) is 5.85. The van der Waals surface area contributed by atoms with Gasteiger partial charge in [0.05, 0.1) is 0 Å². The van der Waals surface area contributed by atoms with Gasteiger partial charge < -0.3 is 5.32 Å². The van der Waals surface area contributed by atoms with Gasteiger partial charge >= 0.3 is 0 Å². The summed E-state index contributed by atoms with van der Waals surface area (Å²) in [6.07, 6.45) is 0. The third-order valence-electron chi connectivity index (χ3n) is 3.20. The van der Waals surface area contributed by atoms with Crippen molar-refractivity contribution in [2.75, 3.05) is 6.54 Å². The fourth-order valence-electron chi connectivity index (χ4n) is 1.37. The zero-order valence-corrected chi connectivity index (χ0v) is 10.7. The van der Waals surface area contributed by atoms with Crippen molar-refractivity contribution in [1.82, 2.24) is 5.32 Å². The molecule has 0 saturated carbocycles. The van der Waals surface area contributed by atoms with Gasteiger partial charge in [-0.2, -0.15) is 0 Å². The van der Waals surface area contributed by atoms with E-state index in [-0.39, 0.29) is 5.82 Å². The van der Waals surface area contributed by atoms with Crippen LogP contribution >= 0.6 is 0 Å². The van der Waals surface area contributed by atoms with Crippen LogP contribution in [0.2, 0.25) is 0 Å². The molecule has 2 heteroatoms. The van der Waals surface area contributed by atoms with Gasteiger partial charge in [0.25, 0.3) is 0 Å². The smallest absolute Gasteiger partial charge is 0.127 e.